The molecule has 1 heterocycles. The third-order valence-electron chi connectivity index (χ3n) is 4.05. The zero-order chi connectivity index (χ0) is 18.4. The third-order valence-corrected chi connectivity index (χ3v) is 4.05. The van der Waals surface area contributed by atoms with E-state index in [0.717, 1.165) is 28.8 Å². The van der Waals surface area contributed by atoms with Gasteiger partial charge in [-0.2, -0.15) is 0 Å². The summed E-state index contributed by atoms with van der Waals surface area (Å²) < 4.78 is 0. The third kappa shape index (κ3) is 4.68. The molecule has 0 bridgehead atoms. The lowest BCUT2D eigenvalue weighted by Crippen LogP contribution is -2.15. The minimum absolute atomic E-state index is 0.0926. The molecule has 1 aliphatic carbocycles. The lowest BCUT2D eigenvalue weighted by Gasteiger charge is -2.21. The van der Waals surface area contributed by atoms with E-state index in [1.165, 1.54) is 6.20 Å². The molecule has 0 fully saturated rings. The first-order valence-corrected chi connectivity index (χ1v) is 8.09. The van der Waals surface area contributed by atoms with E-state index in [-0.39, 0.29) is 19.1 Å². The quantitative estimate of drug-likeness (QED) is 0.480. The van der Waals surface area contributed by atoms with Crippen LogP contribution in [0.3, 0.4) is 0 Å². The normalized spacial score (nSPS) is 19.6. The molecule has 2 rings (SSSR count). The number of aliphatic hydroxyl groups excluding tert-OH is 2. The van der Waals surface area contributed by atoms with Crippen molar-refractivity contribution < 1.29 is 10.2 Å². The van der Waals surface area contributed by atoms with E-state index < -0.39 is 6.10 Å². The van der Waals surface area contributed by atoms with Crippen LogP contribution in [0.4, 0.5) is 5.82 Å². The summed E-state index contributed by atoms with van der Waals surface area (Å²) in [6.45, 7) is 1.85. The fourth-order valence-corrected chi connectivity index (χ4v) is 2.66. The van der Waals surface area contributed by atoms with Gasteiger partial charge in [-0.1, -0.05) is 13.0 Å². The SMILES string of the molecule is CC1CC(N)=CC=C1c1cc(C(C=NC[C@H](O)CO)=CN)cnc1N. The topological polar surface area (TPSA) is 144 Å². The highest BCUT2D eigenvalue weighted by molar-refractivity contribution is 6.09. The molecule has 0 aliphatic heterocycles. The number of nitrogen functional groups attached to an aromatic ring is 1. The molecule has 1 aromatic heterocycles. The highest BCUT2D eigenvalue weighted by Gasteiger charge is 2.18. The predicted octanol–water partition coefficient (Wildman–Crippen LogP) is 0.653. The number of aromatic nitrogens is 1. The number of nitrogens with zero attached hydrogens (tertiary/aromatic N) is 2. The van der Waals surface area contributed by atoms with Crippen molar-refractivity contribution in [2.24, 2.45) is 22.4 Å². The molecule has 1 aliphatic rings. The Kier molecular flexibility index (Phi) is 6.32. The Hall–Kier alpha value is -2.64. The zero-order valence-electron chi connectivity index (χ0n) is 14.3. The number of nitrogens with two attached hydrogens (primary N) is 3. The molecule has 0 radical (unpaired) electrons. The van der Waals surface area contributed by atoms with Crippen LogP contribution in [0.2, 0.25) is 0 Å². The number of aliphatic hydroxyl groups is 2. The van der Waals surface area contributed by atoms with E-state index in [0.29, 0.717) is 11.4 Å². The van der Waals surface area contributed by atoms with Crippen molar-refractivity contribution in [2.45, 2.75) is 19.4 Å². The van der Waals surface area contributed by atoms with Gasteiger partial charge in [0.25, 0.3) is 0 Å². The summed E-state index contributed by atoms with van der Waals surface area (Å²) in [6.07, 6.45) is 8.34. The molecule has 0 spiro atoms. The van der Waals surface area contributed by atoms with Crippen molar-refractivity contribution in [1.82, 2.24) is 4.98 Å². The van der Waals surface area contributed by atoms with Crippen LogP contribution in [0.5, 0.6) is 0 Å². The van der Waals surface area contributed by atoms with Gasteiger partial charge in [-0.25, -0.2) is 4.98 Å². The van der Waals surface area contributed by atoms with Crippen LogP contribution in [-0.2, 0) is 0 Å². The van der Waals surface area contributed by atoms with Crippen LogP contribution >= 0.6 is 0 Å². The summed E-state index contributed by atoms with van der Waals surface area (Å²) in [5.41, 5.74) is 21.8. The van der Waals surface area contributed by atoms with Gasteiger partial charge in [0, 0.05) is 41.0 Å². The molecular formula is C18H25N5O2. The van der Waals surface area contributed by atoms with Crippen LogP contribution in [0.15, 0.2) is 41.3 Å². The Morgan fingerprint density at radius 2 is 2.20 bits per heavy atom. The fourth-order valence-electron chi connectivity index (χ4n) is 2.66. The molecule has 0 amide bonds. The lowest BCUT2D eigenvalue weighted by atomic mass is 9.86. The van der Waals surface area contributed by atoms with Crippen LogP contribution in [0.1, 0.15) is 24.5 Å². The maximum atomic E-state index is 9.35. The Balaban J connectivity index is 2.32. The smallest absolute Gasteiger partial charge is 0.130 e. The van der Waals surface area contributed by atoms with Crippen molar-refractivity contribution in [3.05, 3.63) is 47.4 Å². The van der Waals surface area contributed by atoms with E-state index in [1.807, 2.05) is 18.2 Å². The van der Waals surface area contributed by atoms with Gasteiger partial charge in [0.2, 0.25) is 0 Å². The minimum Gasteiger partial charge on any atom is -0.404 e. The summed E-state index contributed by atoms with van der Waals surface area (Å²) in [7, 11) is 0. The molecule has 0 saturated heterocycles. The van der Waals surface area contributed by atoms with E-state index in [1.54, 1.807) is 12.4 Å². The zero-order valence-corrected chi connectivity index (χ0v) is 14.3. The Morgan fingerprint density at radius 3 is 2.84 bits per heavy atom. The van der Waals surface area contributed by atoms with Gasteiger partial charge in [0.15, 0.2) is 0 Å². The monoisotopic (exact) mass is 343 g/mol. The Labute approximate surface area is 147 Å². The van der Waals surface area contributed by atoms with Crippen LogP contribution in [0.25, 0.3) is 11.1 Å². The Bertz CT molecular complexity index is 737. The molecule has 8 N–H and O–H groups in total. The van der Waals surface area contributed by atoms with Gasteiger partial charge in [-0.05, 0) is 30.1 Å². The number of rotatable bonds is 6. The molecule has 2 atom stereocenters. The van der Waals surface area contributed by atoms with E-state index in [9.17, 15) is 5.11 Å². The molecule has 7 nitrogen and oxygen atoms in total. The van der Waals surface area contributed by atoms with Crippen molar-refractivity contribution in [3.63, 3.8) is 0 Å². The van der Waals surface area contributed by atoms with E-state index >= 15 is 0 Å². The summed E-state index contributed by atoms with van der Waals surface area (Å²) in [6, 6.07) is 1.92. The number of hydrogen-bond donors (Lipinski definition) is 5. The highest BCUT2D eigenvalue weighted by Crippen LogP contribution is 2.34. The fraction of sp³-hybridized carbons (Fsp3) is 0.333. The second-order valence-corrected chi connectivity index (χ2v) is 6.08. The summed E-state index contributed by atoms with van der Waals surface area (Å²) in [4.78, 5) is 8.37. The molecular weight excluding hydrogens is 318 g/mol. The number of anilines is 1. The van der Waals surface area contributed by atoms with Crippen molar-refractivity contribution in [2.75, 3.05) is 18.9 Å². The van der Waals surface area contributed by atoms with Gasteiger partial charge in [0.1, 0.15) is 5.82 Å². The van der Waals surface area contributed by atoms with Gasteiger partial charge >= 0.3 is 0 Å². The van der Waals surface area contributed by atoms with Crippen molar-refractivity contribution in [1.29, 1.82) is 0 Å². The molecule has 0 aromatic carbocycles. The summed E-state index contributed by atoms with van der Waals surface area (Å²) in [5.74, 6) is 0.683. The number of hydrogen-bond acceptors (Lipinski definition) is 7. The van der Waals surface area contributed by atoms with Gasteiger partial charge in [0.05, 0.1) is 19.3 Å². The van der Waals surface area contributed by atoms with Crippen molar-refractivity contribution in [3.8, 4) is 0 Å². The Morgan fingerprint density at radius 1 is 1.44 bits per heavy atom. The standard InChI is InChI=1S/C18H25N5O2/c1-11-4-14(20)2-3-16(11)17-5-12(8-23-18(17)21)13(6-19)7-22-9-15(25)10-24/h2-3,5-8,11,15,24-25H,4,9-10,19-20H2,1H3,(H2,21,23)/t11?,15-/m0/s1. The molecule has 134 valence electrons. The van der Waals surface area contributed by atoms with Crippen LogP contribution < -0.4 is 17.2 Å². The van der Waals surface area contributed by atoms with E-state index in [4.69, 9.17) is 22.3 Å². The van der Waals surface area contributed by atoms with Gasteiger partial charge in [-0.3, -0.25) is 4.99 Å². The highest BCUT2D eigenvalue weighted by atomic mass is 16.3. The molecule has 7 heteroatoms. The molecule has 1 aromatic rings. The second kappa shape index (κ2) is 8.46. The lowest BCUT2D eigenvalue weighted by molar-refractivity contribution is 0.102. The average Bonchev–Trinajstić information content (AvgIpc) is 2.59. The molecule has 1 unspecified atom stereocenters. The second-order valence-electron chi connectivity index (χ2n) is 6.08. The first-order valence-electron chi connectivity index (χ1n) is 8.09. The van der Waals surface area contributed by atoms with Gasteiger partial charge < -0.3 is 27.4 Å². The van der Waals surface area contributed by atoms with Crippen molar-refractivity contribution >= 4 is 23.2 Å². The summed E-state index contributed by atoms with van der Waals surface area (Å²) >= 11 is 0. The summed E-state index contributed by atoms with van der Waals surface area (Å²) in [5, 5.41) is 18.2. The number of pyridine rings is 1. The first kappa shape index (κ1) is 18.7. The number of aliphatic imine (C=N–C) groups is 1. The molecule has 0 saturated carbocycles. The van der Waals surface area contributed by atoms with Crippen LogP contribution in [0, 0.1) is 5.92 Å². The average molecular weight is 343 g/mol. The largest absolute Gasteiger partial charge is 0.404 e. The van der Waals surface area contributed by atoms with Crippen LogP contribution in [-0.4, -0.2) is 40.7 Å². The first-order chi connectivity index (χ1) is 12.0. The predicted molar refractivity (Wildman–Crippen MR) is 101 cm³/mol. The molecule has 25 heavy (non-hydrogen) atoms. The maximum absolute atomic E-state index is 9.35. The van der Waals surface area contributed by atoms with Gasteiger partial charge in [-0.15, -0.1) is 0 Å². The maximum Gasteiger partial charge on any atom is 0.130 e. The minimum atomic E-state index is -0.888. The van der Waals surface area contributed by atoms with E-state index in [2.05, 4.69) is 16.9 Å². The number of allylic oxidation sites excluding steroid dienone is 5.